The van der Waals surface area contributed by atoms with Crippen LogP contribution in [0.2, 0.25) is 0 Å². The lowest BCUT2D eigenvalue weighted by Crippen LogP contribution is -2.20. The predicted molar refractivity (Wildman–Crippen MR) is 68.2 cm³/mol. The first-order valence-electron chi connectivity index (χ1n) is 5.72. The molecule has 0 bridgehead atoms. The normalized spacial score (nSPS) is 10.1. The number of hydrogen-bond acceptors (Lipinski definition) is 7. The summed E-state index contributed by atoms with van der Waals surface area (Å²) < 4.78 is 0. The molecule has 0 aliphatic carbocycles. The Morgan fingerprint density at radius 1 is 1.12 bits per heavy atom. The molecule has 0 amide bonds. The van der Waals surface area contributed by atoms with Crippen molar-refractivity contribution in [3.63, 3.8) is 0 Å². The van der Waals surface area contributed by atoms with E-state index < -0.39 is 0 Å². The molecule has 0 aromatic carbocycles. The van der Waals surface area contributed by atoms with Gasteiger partial charge in [-0.3, -0.25) is 4.84 Å². The first kappa shape index (κ1) is 13.4. The standard InChI is InChI=1S/C10H20N6O/c1-5-7-12-9-13-8(11-6-2)14-10(15-9)16(3)17-4/h5-7H2,1-4H3,(H2,11,12,13,14,15). The van der Waals surface area contributed by atoms with Gasteiger partial charge in [0.1, 0.15) is 0 Å². The molecule has 0 saturated carbocycles. The largest absolute Gasteiger partial charge is 0.354 e. The number of rotatable bonds is 7. The number of hydrogen-bond donors (Lipinski definition) is 2. The van der Waals surface area contributed by atoms with Crippen molar-refractivity contribution < 1.29 is 4.84 Å². The Morgan fingerprint density at radius 3 is 2.29 bits per heavy atom. The zero-order valence-electron chi connectivity index (χ0n) is 10.8. The second-order valence-electron chi connectivity index (χ2n) is 3.42. The molecule has 0 radical (unpaired) electrons. The van der Waals surface area contributed by atoms with E-state index in [0.717, 1.165) is 19.5 Å². The molecule has 96 valence electrons. The summed E-state index contributed by atoms with van der Waals surface area (Å²) in [6, 6.07) is 0. The zero-order chi connectivity index (χ0) is 12.7. The molecule has 0 atom stereocenters. The summed E-state index contributed by atoms with van der Waals surface area (Å²) in [6.45, 7) is 5.66. The zero-order valence-corrected chi connectivity index (χ0v) is 10.8. The van der Waals surface area contributed by atoms with E-state index in [9.17, 15) is 0 Å². The van der Waals surface area contributed by atoms with Crippen LogP contribution in [0.4, 0.5) is 17.8 Å². The fourth-order valence-electron chi connectivity index (χ4n) is 1.14. The lowest BCUT2D eigenvalue weighted by molar-refractivity contribution is 0.180. The third-order valence-electron chi connectivity index (χ3n) is 2.05. The lowest BCUT2D eigenvalue weighted by atomic mass is 10.5. The third kappa shape index (κ3) is 4.03. The molecule has 0 aliphatic heterocycles. The molecular formula is C10H20N6O. The van der Waals surface area contributed by atoms with Crippen molar-refractivity contribution >= 4 is 17.8 Å². The maximum Gasteiger partial charge on any atom is 0.256 e. The van der Waals surface area contributed by atoms with Crippen LogP contribution in [-0.2, 0) is 4.84 Å². The minimum atomic E-state index is 0.469. The summed E-state index contributed by atoms with van der Waals surface area (Å²) in [5, 5.41) is 7.67. The van der Waals surface area contributed by atoms with Gasteiger partial charge in [0.2, 0.25) is 11.9 Å². The van der Waals surface area contributed by atoms with Crippen LogP contribution in [0.3, 0.4) is 0 Å². The van der Waals surface area contributed by atoms with Crippen molar-refractivity contribution in [2.24, 2.45) is 0 Å². The van der Waals surface area contributed by atoms with Gasteiger partial charge in [0.25, 0.3) is 5.95 Å². The van der Waals surface area contributed by atoms with Gasteiger partial charge in [0.15, 0.2) is 0 Å². The van der Waals surface area contributed by atoms with Crippen molar-refractivity contribution in [1.82, 2.24) is 15.0 Å². The number of nitrogens with zero attached hydrogens (tertiary/aromatic N) is 4. The summed E-state index contributed by atoms with van der Waals surface area (Å²) in [6.07, 6.45) is 1.01. The average molecular weight is 240 g/mol. The molecule has 0 saturated heterocycles. The monoisotopic (exact) mass is 240 g/mol. The van der Waals surface area contributed by atoms with Crippen LogP contribution >= 0.6 is 0 Å². The highest BCUT2D eigenvalue weighted by Gasteiger charge is 2.09. The van der Waals surface area contributed by atoms with Crippen LogP contribution in [-0.4, -0.2) is 42.2 Å². The van der Waals surface area contributed by atoms with Crippen molar-refractivity contribution in [2.45, 2.75) is 20.3 Å². The van der Waals surface area contributed by atoms with Crippen LogP contribution in [0.15, 0.2) is 0 Å². The van der Waals surface area contributed by atoms with Crippen LogP contribution in [0.1, 0.15) is 20.3 Å². The topological polar surface area (TPSA) is 75.2 Å². The van der Waals surface area contributed by atoms with Gasteiger partial charge in [0.05, 0.1) is 7.11 Å². The Labute approximate surface area is 102 Å². The molecule has 0 aliphatic rings. The smallest absolute Gasteiger partial charge is 0.256 e. The number of anilines is 3. The minimum absolute atomic E-state index is 0.469. The van der Waals surface area contributed by atoms with Crippen molar-refractivity contribution in [3.05, 3.63) is 0 Å². The lowest BCUT2D eigenvalue weighted by Gasteiger charge is -2.15. The molecule has 0 fully saturated rings. The van der Waals surface area contributed by atoms with Gasteiger partial charge in [-0.15, -0.1) is 0 Å². The molecule has 7 nitrogen and oxygen atoms in total. The fourth-order valence-corrected chi connectivity index (χ4v) is 1.14. The Bertz CT molecular complexity index is 346. The maximum atomic E-state index is 5.05. The fraction of sp³-hybridized carbons (Fsp3) is 0.700. The summed E-state index contributed by atoms with van der Waals surface area (Å²) in [7, 11) is 3.31. The maximum absolute atomic E-state index is 5.05. The molecule has 0 unspecified atom stereocenters. The highest BCUT2D eigenvalue weighted by Crippen LogP contribution is 2.12. The van der Waals surface area contributed by atoms with Crippen LogP contribution in [0, 0.1) is 0 Å². The van der Waals surface area contributed by atoms with E-state index >= 15 is 0 Å². The van der Waals surface area contributed by atoms with Gasteiger partial charge in [-0.05, 0) is 13.3 Å². The van der Waals surface area contributed by atoms with E-state index in [2.05, 4.69) is 32.5 Å². The molecular weight excluding hydrogens is 220 g/mol. The summed E-state index contributed by atoms with van der Waals surface area (Å²) in [4.78, 5) is 17.8. The molecule has 1 aromatic heterocycles. The van der Waals surface area contributed by atoms with E-state index in [4.69, 9.17) is 4.84 Å². The Hall–Kier alpha value is -1.63. The molecule has 2 N–H and O–H groups in total. The van der Waals surface area contributed by atoms with E-state index in [1.165, 1.54) is 5.06 Å². The number of hydroxylamine groups is 1. The number of nitrogens with one attached hydrogen (secondary N) is 2. The van der Waals surface area contributed by atoms with Crippen molar-refractivity contribution in [1.29, 1.82) is 0 Å². The van der Waals surface area contributed by atoms with E-state index in [0.29, 0.717) is 17.8 Å². The highest BCUT2D eigenvalue weighted by molar-refractivity contribution is 5.41. The quantitative estimate of drug-likeness (QED) is 0.692. The molecule has 17 heavy (non-hydrogen) atoms. The van der Waals surface area contributed by atoms with Crippen LogP contribution in [0.25, 0.3) is 0 Å². The van der Waals surface area contributed by atoms with Crippen LogP contribution in [0.5, 0.6) is 0 Å². The third-order valence-corrected chi connectivity index (χ3v) is 2.05. The average Bonchev–Trinajstić information content (AvgIpc) is 2.35. The molecule has 0 spiro atoms. The van der Waals surface area contributed by atoms with Gasteiger partial charge in [0, 0.05) is 20.1 Å². The molecule has 1 aromatic rings. The predicted octanol–water partition coefficient (Wildman–Crippen LogP) is 1.12. The molecule has 1 heterocycles. The second-order valence-corrected chi connectivity index (χ2v) is 3.42. The summed E-state index contributed by atoms with van der Waals surface area (Å²) >= 11 is 0. The van der Waals surface area contributed by atoms with Gasteiger partial charge >= 0.3 is 0 Å². The first-order valence-corrected chi connectivity index (χ1v) is 5.72. The Balaban J connectivity index is 2.91. The van der Waals surface area contributed by atoms with Gasteiger partial charge in [-0.25, -0.2) is 5.06 Å². The van der Waals surface area contributed by atoms with E-state index in [1.807, 2.05) is 6.92 Å². The van der Waals surface area contributed by atoms with E-state index in [-0.39, 0.29) is 0 Å². The van der Waals surface area contributed by atoms with Crippen LogP contribution < -0.4 is 15.7 Å². The summed E-state index contributed by atoms with van der Waals surface area (Å²) in [5.41, 5.74) is 0. The van der Waals surface area contributed by atoms with Gasteiger partial charge in [-0.2, -0.15) is 15.0 Å². The second kappa shape index (κ2) is 6.85. The van der Waals surface area contributed by atoms with Crippen molar-refractivity contribution in [3.8, 4) is 0 Å². The highest BCUT2D eigenvalue weighted by atomic mass is 16.7. The van der Waals surface area contributed by atoms with E-state index in [1.54, 1.807) is 14.2 Å². The molecule has 1 rings (SSSR count). The minimum Gasteiger partial charge on any atom is -0.354 e. The number of aromatic nitrogens is 3. The molecule has 7 heteroatoms. The SMILES string of the molecule is CCCNc1nc(NCC)nc(N(C)OC)n1. The van der Waals surface area contributed by atoms with Crippen molar-refractivity contribution in [2.75, 3.05) is 42.9 Å². The van der Waals surface area contributed by atoms with Gasteiger partial charge < -0.3 is 10.6 Å². The van der Waals surface area contributed by atoms with Gasteiger partial charge in [-0.1, -0.05) is 6.92 Å². The Morgan fingerprint density at radius 2 is 1.76 bits per heavy atom. The first-order chi connectivity index (χ1) is 8.21. The summed E-state index contributed by atoms with van der Waals surface area (Å²) in [5.74, 6) is 1.56. The Kier molecular flexibility index (Phi) is 5.41.